The zero-order chi connectivity index (χ0) is 13.8. The summed E-state index contributed by atoms with van der Waals surface area (Å²) in [6.45, 7) is 7.12. The predicted molar refractivity (Wildman–Crippen MR) is 81.0 cm³/mol. The number of hydrogen-bond acceptors (Lipinski definition) is 1. The number of carbonyl (C=O) groups excluding carboxylic acids is 1. The van der Waals surface area contributed by atoms with Crippen molar-refractivity contribution in [3.8, 4) is 0 Å². The highest BCUT2D eigenvalue weighted by Gasteiger charge is 2.41. The van der Waals surface area contributed by atoms with E-state index < -0.39 is 0 Å². The summed E-state index contributed by atoms with van der Waals surface area (Å²) in [7, 11) is 0. The fourth-order valence-electron chi connectivity index (χ4n) is 5.04. The first-order valence-corrected chi connectivity index (χ1v) is 8.67. The number of Topliss-reactive ketones (excluding diaryl/α,β-unsaturated/α-hetero) is 1. The van der Waals surface area contributed by atoms with E-state index in [1.54, 1.807) is 0 Å². The molecule has 0 amide bonds. The second kappa shape index (κ2) is 6.90. The fourth-order valence-corrected chi connectivity index (χ4v) is 5.04. The van der Waals surface area contributed by atoms with Crippen LogP contribution < -0.4 is 0 Å². The smallest absolute Gasteiger partial charge is 0.133 e. The first-order chi connectivity index (χ1) is 9.15. The van der Waals surface area contributed by atoms with Gasteiger partial charge >= 0.3 is 0 Å². The molecule has 2 aliphatic rings. The number of carbonyl (C=O) groups is 1. The van der Waals surface area contributed by atoms with Gasteiger partial charge in [0.05, 0.1) is 0 Å². The molecule has 0 bridgehead atoms. The van der Waals surface area contributed by atoms with E-state index in [-0.39, 0.29) is 0 Å². The van der Waals surface area contributed by atoms with Gasteiger partial charge in [-0.1, -0.05) is 40.0 Å². The molecule has 1 nitrogen and oxygen atoms in total. The summed E-state index contributed by atoms with van der Waals surface area (Å²) in [4.78, 5) is 11.7. The van der Waals surface area contributed by atoms with Gasteiger partial charge in [-0.2, -0.15) is 0 Å². The molecule has 0 radical (unpaired) electrons. The molecule has 1 heteroatoms. The van der Waals surface area contributed by atoms with Gasteiger partial charge in [-0.25, -0.2) is 0 Å². The Morgan fingerprint density at radius 2 is 2.00 bits per heavy atom. The lowest BCUT2D eigenvalue weighted by molar-refractivity contribution is -0.124. The van der Waals surface area contributed by atoms with E-state index >= 15 is 0 Å². The summed E-state index contributed by atoms with van der Waals surface area (Å²) in [5, 5.41) is 0. The molecule has 5 unspecified atom stereocenters. The minimum atomic E-state index is 0.536. The van der Waals surface area contributed by atoms with E-state index in [2.05, 4.69) is 20.8 Å². The third-order valence-corrected chi connectivity index (χ3v) is 5.87. The quantitative estimate of drug-likeness (QED) is 0.664. The van der Waals surface area contributed by atoms with E-state index in [0.717, 1.165) is 42.4 Å². The second-order valence-electron chi connectivity index (χ2n) is 7.24. The van der Waals surface area contributed by atoms with Gasteiger partial charge in [0.25, 0.3) is 0 Å². The topological polar surface area (TPSA) is 17.1 Å². The van der Waals surface area contributed by atoms with Gasteiger partial charge in [0, 0.05) is 12.8 Å². The first-order valence-electron chi connectivity index (χ1n) is 8.67. The van der Waals surface area contributed by atoms with Gasteiger partial charge < -0.3 is 0 Å². The molecule has 19 heavy (non-hydrogen) atoms. The van der Waals surface area contributed by atoms with Gasteiger partial charge in [-0.15, -0.1) is 0 Å². The second-order valence-corrected chi connectivity index (χ2v) is 7.24. The van der Waals surface area contributed by atoms with Crippen molar-refractivity contribution in [3.63, 3.8) is 0 Å². The Bertz CT molecular complexity index is 296. The summed E-state index contributed by atoms with van der Waals surface area (Å²) < 4.78 is 0. The molecule has 5 atom stereocenters. The Labute approximate surface area is 119 Å². The van der Waals surface area contributed by atoms with Crippen LogP contribution in [0.1, 0.15) is 78.6 Å². The Hall–Kier alpha value is -0.330. The minimum Gasteiger partial charge on any atom is -0.300 e. The number of hydrogen-bond donors (Lipinski definition) is 0. The monoisotopic (exact) mass is 264 g/mol. The summed E-state index contributed by atoms with van der Waals surface area (Å²) in [5.41, 5.74) is 0. The molecule has 2 fully saturated rings. The number of fused-ring (bicyclic) bond motifs is 1. The van der Waals surface area contributed by atoms with Crippen LogP contribution in [0.4, 0.5) is 0 Å². The average molecular weight is 264 g/mol. The molecule has 110 valence electrons. The van der Waals surface area contributed by atoms with Crippen LogP contribution in [-0.2, 0) is 4.79 Å². The average Bonchev–Trinajstić information content (AvgIpc) is 2.39. The molecule has 0 N–H and O–H groups in total. The maximum Gasteiger partial charge on any atom is 0.133 e. The van der Waals surface area contributed by atoms with Crippen molar-refractivity contribution in [3.05, 3.63) is 0 Å². The Balaban J connectivity index is 1.97. The van der Waals surface area contributed by atoms with E-state index in [1.165, 1.54) is 44.9 Å². The fraction of sp³-hybridized carbons (Fsp3) is 0.944. The van der Waals surface area contributed by atoms with Crippen LogP contribution in [0, 0.1) is 29.6 Å². The largest absolute Gasteiger partial charge is 0.300 e. The van der Waals surface area contributed by atoms with Crippen molar-refractivity contribution in [2.24, 2.45) is 29.6 Å². The summed E-state index contributed by atoms with van der Waals surface area (Å²) in [6.07, 6.45) is 11.2. The third kappa shape index (κ3) is 3.61. The number of ketones is 1. The molecule has 0 aliphatic heterocycles. The molecule has 0 aromatic heterocycles. The molecule has 0 spiro atoms. The highest BCUT2D eigenvalue weighted by atomic mass is 16.1. The van der Waals surface area contributed by atoms with Crippen LogP contribution in [0.5, 0.6) is 0 Å². The first kappa shape index (κ1) is 15.1. The SMILES string of the molecule is CCCC(C)CC1CCC2CC(=O)CCC2C1CC. The zero-order valence-corrected chi connectivity index (χ0v) is 13.2. The van der Waals surface area contributed by atoms with Crippen LogP contribution in [0.3, 0.4) is 0 Å². The lowest BCUT2D eigenvalue weighted by Gasteiger charge is -2.46. The zero-order valence-electron chi connectivity index (χ0n) is 13.2. The van der Waals surface area contributed by atoms with Gasteiger partial charge in [0.15, 0.2) is 0 Å². The van der Waals surface area contributed by atoms with Crippen molar-refractivity contribution in [2.75, 3.05) is 0 Å². The maximum absolute atomic E-state index is 11.7. The highest BCUT2D eigenvalue weighted by Crippen LogP contribution is 2.48. The van der Waals surface area contributed by atoms with Gasteiger partial charge in [0.1, 0.15) is 5.78 Å². The maximum atomic E-state index is 11.7. The van der Waals surface area contributed by atoms with Crippen molar-refractivity contribution in [1.82, 2.24) is 0 Å². The molecular formula is C18H32O. The van der Waals surface area contributed by atoms with Crippen molar-refractivity contribution < 1.29 is 4.79 Å². The van der Waals surface area contributed by atoms with Crippen LogP contribution in [0.2, 0.25) is 0 Å². The normalized spacial score (nSPS) is 36.9. The molecular weight excluding hydrogens is 232 g/mol. The Kier molecular flexibility index (Phi) is 5.47. The Morgan fingerprint density at radius 1 is 1.21 bits per heavy atom. The third-order valence-electron chi connectivity index (χ3n) is 5.87. The Morgan fingerprint density at radius 3 is 2.68 bits per heavy atom. The molecule has 2 saturated carbocycles. The lowest BCUT2D eigenvalue weighted by atomic mass is 9.59. The van der Waals surface area contributed by atoms with E-state index in [9.17, 15) is 4.79 Å². The van der Waals surface area contributed by atoms with Crippen LogP contribution >= 0.6 is 0 Å². The number of rotatable bonds is 5. The standard InChI is InChI=1S/C18H32O/c1-4-6-13(3)11-14-7-8-15-12-16(19)9-10-18(15)17(14)5-2/h13-15,17-18H,4-12H2,1-3H3. The molecule has 0 aromatic carbocycles. The molecule has 0 saturated heterocycles. The van der Waals surface area contributed by atoms with E-state index in [0.29, 0.717) is 5.78 Å². The van der Waals surface area contributed by atoms with E-state index in [4.69, 9.17) is 0 Å². The molecule has 2 aliphatic carbocycles. The van der Waals surface area contributed by atoms with Crippen LogP contribution in [0.15, 0.2) is 0 Å². The molecule has 0 heterocycles. The highest BCUT2D eigenvalue weighted by molar-refractivity contribution is 5.79. The summed E-state index contributed by atoms with van der Waals surface area (Å²) in [6, 6.07) is 0. The lowest BCUT2D eigenvalue weighted by Crippen LogP contribution is -2.39. The van der Waals surface area contributed by atoms with Gasteiger partial charge in [-0.05, 0) is 55.3 Å². The van der Waals surface area contributed by atoms with Crippen molar-refractivity contribution in [1.29, 1.82) is 0 Å². The van der Waals surface area contributed by atoms with Crippen molar-refractivity contribution in [2.45, 2.75) is 78.6 Å². The molecule has 0 aromatic rings. The summed E-state index contributed by atoms with van der Waals surface area (Å²) in [5.74, 6) is 4.89. The minimum absolute atomic E-state index is 0.536. The molecule has 2 rings (SSSR count). The van der Waals surface area contributed by atoms with Crippen LogP contribution in [0.25, 0.3) is 0 Å². The summed E-state index contributed by atoms with van der Waals surface area (Å²) >= 11 is 0. The predicted octanol–water partition coefficient (Wildman–Crippen LogP) is 5.23. The van der Waals surface area contributed by atoms with Crippen LogP contribution in [-0.4, -0.2) is 5.78 Å². The van der Waals surface area contributed by atoms with Gasteiger partial charge in [0.2, 0.25) is 0 Å². The van der Waals surface area contributed by atoms with Gasteiger partial charge in [-0.3, -0.25) is 4.79 Å². The van der Waals surface area contributed by atoms with Crippen molar-refractivity contribution >= 4 is 5.78 Å². The van der Waals surface area contributed by atoms with E-state index in [1.807, 2.05) is 0 Å².